The van der Waals surface area contributed by atoms with Crippen LogP contribution in [0.2, 0.25) is 0 Å². The summed E-state index contributed by atoms with van der Waals surface area (Å²) < 4.78 is 0. The molecule has 3 nitrogen and oxygen atoms in total. The van der Waals surface area contributed by atoms with Crippen LogP contribution in [0.1, 0.15) is 45.6 Å². The number of carbonyl (C=O) groups is 1. The van der Waals surface area contributed by atoms with Gasteiger partial charge in [-0.1, -0.05) is 64.4 Å². The zero-order chi connectivity index (χ0) is 15.1. The van der Waals surface area contributed by atoms with Crippen molar-refractivity contribution >= 4 is 5.91 Å². The molecule has 3 atom stereocenters. The van der Waals surface area contributed by atoms with Crippen LogP contribution in [0.3, 0.4) is 0 Å². The molecular weight excluding hydrogens is 248 g/mol. The quantitative estimate of drug-likeness (QED) is 0.804. The predicted molar refractivity (Wildman–Crippen MR) is 84.5 cm³/mol. The molecule has 0 bridgehead atoms. The van der Waals surface area contributed by atoms with Crippen molar-refractivity contribution in [2.24, 2.45) is 17.6 Å². The second-order valence-corrected chi connectivity index (χ2v) is 5.92. The number of hydrogen-bond acceptors (Lipinski definition) is 2. The summed E-state index contributed by atoms with van der Waals surface area (Å²) in [4.78, 5) is 12.1. The lowest BCUT2D eigenvalue weighted by Gasteiger charge is -2.24. The van der Waals surface area contributed by atoms with E-state index < -0.39 is 6.04 Å². The van der Waals surface area contributed by atoms with Gasteiger partial charge in [0.2, 0.25) is 5.91 Å². The predicted octanol–water partition coefficient (Wildman–Crippen LogP) is 2.92. The number of rotatable bonds is 7. The van der Waals surface area contributed by atoms with Crippen molar-refractivity contribution in [2.75, 3.05) is 6.54 Å². The molecule has 1 rings (SSSR count). The van der Waals surface area contributed by atoms with Crippen LogP contribution >= 0.6 is 0 Å². The zero-order valence-corrected chi connectivity index (χ0v) is 13.1. The maximum atomic E-state index is 12.1. The van der Waals surface area contributed by atoms with Crippen molar-refractivity contribution in [3.8, 4) is 0 Å². The van der Waals surface area contributed by atoms with Gasteiger partial charge in [0.15, 0.2) is 0 Å². The Morgan fingerprint density at radius 1 is 1.20 bits per heavy atom. The molecule has 0 aliphatic carbocycles. The van der Waals surface area contributed by atoms with E-state index in [-0.39, 0.29) is 11.8 Å². The molecule has 0 aromatic heterocycles. The molecule has 1 amide bonds. The fourth-order valence-corrected chi connectivity index (χ4v) is 2.28. The van der Waals surface area contributed by atoms with Crippen LogP contribution in [-0.2, 0) is 4.79 Å². The molecule has 0 radical (unpaired) electrons. The first kappa shape index (κ1) is 16.7. The van der Waals surface area contributed by atoms with Crippen LogP contribution in [0.25, 0.3) is 0 Å². The maximum absolute atomic E-state index is 12.1. The Balaban J connectivity index is 2.63. The van der Waals surface area contributed by atoms with E-state index in [0.717, 1.165) is 6.42 Å². The first-order valence-corrected chi connectivity index (χ1v) is 7.55. The van der Waals surface area contributed by atoms with Crippen LogP contribution in [0.5, 0.6) is 0 Å². The maximum Gasteiger partial charge on any atom is 0.237 e. The smallest absolute Gasteiger partial charge is 0.237 e. The minimum absolute atomic E-state index is 0.0408. The van der Waals surface area contributed by atoms with Crippen molar-refractivity contribution in [2.45, 2.75) is 46.1 Å². The van der Waals surface area contributed by atoms with Crippen LogP contribution in [-0.4, -0.2) is 18.5 Å². The molecule has 0 saturated carbocycles. The summed E-state index contributed by atoms with van der Waals surface area (Å²) in [6.07, 6.45) is 0.918. The fourth-order valence-electron chi connectivity index (χ4n) is 2.28. The molecule has 20 heavy (non-hydrogen) atoms. The first-order chi connectivity index (χ1) is 9.47. The Kier molecular flexibility index (Phi) is 6.73. The third-order valence-electron chi connectivity index (χ3n) is 4.09. The second-order valence-electron chi connectivity index (χ2n) is 5.92. The van der Waals surface area contributed by atoms with Crippen LogP contribution < -0.4 is 11.1 Å². The fraction of sp³-hybridized carbons (Fsp3) is 0.588. The lowest BCUT2D eigenvalue weighted by atomic mass is 9.88. The molecular formula is C17H28N2O. The molecule has 3 N–H and O–H groups in total. The van der Waals surface area contributed by atoms with Gasteiger partial charge in [-0.3, -0.25) is 4.79 Å². The van der Waals surface area contributed by atoms with Gasteiger partial charge >= 0.3 is 0 Å². The van der Waals surface area contributed by atoms with E-state index in [1.165, 1.54) is 5.56 Å². The number of nitrogens with one attached hydrogen (secondary N) is 1. The summed E-state index contributed by atoms with van der Waals surface area (Å²) in [5.74, 6) is 0.965. The minimum atomic E-state index is -0.413. The molecule has 3 heteroatoms. The Morgan fingerprint density at radius 3 is 2.30 bits per heavy atom. The molecule has 1 aromatic carbocycles. The van der Waals surface area contributed by atoms with Crippen LogP contribution in [0.4, 0.5) is 0 Å². The Morgan fingerprint density at radius 2 is 1.80 bits per heavy atom. The SMILES string of the molecule is CCC(C)C(N)C(=O)NCC(c1ccccc1)C(C)C. The van der Waals surface area contributed by atoms with Crippen molar-refractivity contribution in [3.63, 3.8) is 0 Å². The molecule has 0 fully saturated rings. The Bertz CT molecular complexity index is 403. The van der Waals surface area contributed by atoms with Gasteiger partial charge in [-0.2, -0.15) is 0 Å². The van der Waals surface area contributed by atoms with Gasteiger partial charge in [0.25, 0.3) is 0 Å². The van der Waals surface area contributed by atoms with E-state index in [2.05, 4.69) is 38.2 Å². The van der Waals surface area contributed by atoms with E-state index in [1.807, 2.05) is 25.1 Å². The molecule has 0 saturated heterocycles. The number of carbonyl (C=O) groups excluding carboxylic acids is 1. The van der Waals surface area contributed by atoms with Gasteiger partial charge in [0.1, 0.15) is 0 Å². The highest BCUT2D eigenvalue weighted by Gasteiger charge is 2.22. The molecule has 0 aliphatic rings. The second kappa shape index (κ2) is 8.05. The Labute approximate surface area is 122 Å². The van der Waals surface area contributed by atoms with Crippen LogP contribution in [0, 0.1) is 11.8 Å². The number of benzene rings is 1. The Hall–Kier alpha value is -1.35. The highest BCUT2D eigenvalue weighted by Crippen LogP contribution is 2.23. The average Bonchev–Trinajstić information content (AvgIpc) is 2.46. The number of nitrogens with two attached hydrogens (primary N) is 1. The molecule has 112 valence electrons. The minimum Gasteiger partial charge on any atom is -0.354 e. The van der Waals surface area contributed by atoms with Crippen molar-refractivity contribution < 1.29 is 4.79 Å². The zero-order valence-electron chi connectivity index (χ0n) is 13.1. The van der Waals surface area contributed by atoms with Gasteiger partial charge < -0.3 is 11.1 Å². The highest BCUT2D eigenvalue weighted by molar-refractivity contribution is 5.81. The normalized spacial score (nSPS) is 15.7. The molecule has 3 unspecified atom stereocenters. The van der Waals surface area contributed by atoms with E-state index >= 15 is 0 Å². The van der Waals surface area contributed by atoms with Gasteiger partial charge in [-0.15, -0.1) is 0 Å². The third-order valence-corrected chi connectivity index (χ3v) is 4.09. The topological polar surface area (TPSA) is 55.1 Å². The summed E-state index contributed by atoms with van der Waals surface area (Å²) in [6, 6.07) is 9.91. The van der Waals surface area contributed by atoms with E-state index in [0.29, 0.717) is 18.4 Å². The third kappa shape index (κ3) is 4.64. The lowest BCUT2D eigenvalue weighted by Crippen LogP contribution is -2.46. The summed E-state index contributed by atoms with van der Waals surface area (Å²) in [6.45, 7) is 9.07. The van der Waals surface area contributed by atoms with E-state index in [4.69, 9.17) is 5.73 Å². The summed E-state index contributed by atoms with van der Waals surface area (Å²) in [5, 5.41) is 3.01. The van der Waals surface area contributed by atoms with Crippen molar-refractivity contribution in [3.05, 3.63) is 35.9 Å². The monoisotopic (exact) mass is 276 g/mol. The standard InChI is InChI=1S/C17H28N2O/c1-5-13(4)16(18)17(20)19-11-15(12(2)3)14-9-7-6-8-10-14/h6-10,12-13,15-16H,5,11,18H2,1-4H3,(H,19,20). The van der Waals surface area contributed by atoms with Crippen molar-refractivity contribution in [1.29, 1.82) is 0 Å². The molecule has 1 aromatic rings. The summed E-state index contributed by atoms with van der Waals surface area (Å²) in [7, 11) is 0. The van der Waals surface area contributed by atoms with E-state index in [1.54, 1.807) is 0 Å². The van der Waals surface area contributed by atoms with Crippen molar-refractivity contribution in [1.82, 2.24) is 5.32 Å². The van der Waals surface area contributed by atoms with Gasteiger partial charge in [-0.05, 0) is 17.4 Å². The van der Waals surface area contributed by atoms with Gasteiger partial charge in [0, 0.05) is 12.5 Å². The largest absolute Gasteiger partial charge is 0.354 e. The van der Waals surface area contributed by atoms with E-state index in [9.17, 15) is 4.79 Å². The van der Waals surface area contributed by atoms with Gasteiger partial charge in [-0.25, -0.2) is 0 Å². The van der Waals surface area contributed by atoms with Gasteiger partial charge in [0.05, 0.1) is 6.04 Å². The lowest BCUT2D eigenvalue weighted by molar-refractivity contribution is -0.123. The molecule has 0 spiro atoms. The molecule has 0 heterocycles. The number of amides is 1. The highest BCUT2D eigenvalue weighted by atomic mass is 16.2. The first-order valence-electron chi connectivity index (χ1n) is 7.55. The number of hydrogen-bond donors (Lipinski definition) is 2. The summed E-state index contributed by atoms with van der Waals surface area (Å²) in [5.41, 5.74) is 7.22. The van der Waals surface area contributed by atoms with Crippen LogP contribution in [0.15, 0.2) is 30.3 Å². The molecule has 0 aliphatic heterocycles. The summed E-state index contributed by atoms with van der Waals surface area (Å²) >= 11 is 0. The average molecular weight is 276 g/mol.